The lowest BCUT2D eigenvalue weighted by Gasteiger charge is -2.15. The summed E-state index contributed by atoms with van der Waals surface area (Å²) < 4.78 is 0. The van der Waals surface area contributed by atoms with E-state index in [1.54, 1.807) is 24.6 Å². The maximum Gasteiger partial charge on any atom is 0.188 e. The summed E-state index contributed by atoms with van der Waals surface area (Å²) in [6.07, 6.45) is 10.0. The van der Waals surface area contributed by atoms with Gasteiger partial charge in [0.2, 0.25) is 0 Å². The molecule has 0 fully saturated rings. The number of hydrogen-bond donors (Lipinski definition) is 4. The molecule has 1 aromatic heterocycles. The summed E-state index contributed by atoms with van der Waals surface area (Å²) in [5.41, 5.74) is 16.9. The molecule has 38 heavy (non-hydrogen) atoms. The number of anilines is 2. The van der Waals surface area contributed by atoms with Gasteiger partial charge >= 0.3 is 0 Å². The van der Waals surface area contributed by atoms with Crippen molar-refractivity contribution < 1.29 is 9.59 Å². The van der Waals surface area contributed by atoms with Crippen LogP contribution >= 0.6 is 0 Å². The van der Waals surface area contributed by atoms with Crippen LogP contribution in [-0.2, 0) is 9.59 Å². The van der Waals surface area contributed by atoms with Crippen LogP contribution in [0.4, 0.5) is 11.6 Å². The van der Waals surface area contributed by atoms with Crippen molar-refractivity contribution in [3.63, 3.8) is 0 Å². The molecule has 0 bridgehead atoms. The highest BCUT2D eigenvalue weighted by molar-refractivity contribution is 6.30. The Labute approximate surface area is 218 Å². The number of ketones is 2. The number of rotatable bonds is 6. The fraction of sp³-hybridized carbons (Fsp3) is 0. The third-order valence-electron chi connectivity index (χ3n) is 6.36. The molecule has 2 aliphatic rings. The topological polar surface area (TPSA) is 108 Å². The van der Waals surface area contributed by atoms with Crippen molar-refractivity contribution in [1.29, 1.82) is 0 Å². The summed E-state index contributed by atoms with van der Waals surface area (Å²) >= 11 is 0. The number of benzene rings is 3. The minimum absolute atomic E-state index is 0.0803. The van der Waals surface area contributed by atoms with Crippen LogP contribution in [0.15, 0.2) is 97.3 Å². The van der Waals surface area contributed by atoms with E-state index in [0.29, 0.717) is 22.8 Å². The van der Waals surface area contributed by atoms with E-state index in [4.69, 9.17) is 0 Å². The second kappa shape index (κ2) is 9.87. The summed E-state index contributed by atoms with van der Waals surface area (Å²) in [6, 6.07) is 23.1. The molecule has 4 N–H and O–H groups in total. The number of aromatic nitrogens is 2. The number of hydrazine groups is 2. The van der Waals surface area contributed by atoms with E-state index in [9.17, 15) is 9.59 Å². The minimum Gasteiger partial charge on any atom is -0.306 e. The predicted octanol–water partition coefficient (Wildman–Crippen LogP) is 4.74. The minimum atomic E-state index is -0.0803. The van der Waals surface area contributed by atoms with Crippen LogP contribution in [0.1, 0.15) is 22.3 Å². The molecule has 8 heteroatoms. The van der Waals surface area contributed by atoms with Gasteiger partial charge in [-0.25, -0.2) is 0 Å². The highest BCUT2D eigenvalue weighted by Gasteiger charge is 2.18. The Bertz CT molecular complexity index is 1590. The van der Waals surface area contributed by atoms with E-state index >= 15 is 0 Å². The maximum atomic E-state index is 12.5. The lowest BCUT2D eigenvalue weighted by molar-refractivity contribution is -0.110. The van der Waals surface area contributed by atoms with E-state index in [1.165, 1.54) is 0 Å². The van der Waals surface area contributed by atoms with Crippen molar-refractivity contribution in [2.24, 2.45) is 0 Å². The molecule has 0 spiro atoms. The Morgan fingerprint density at radius 2 is 0.947 bits per heavy atom. The second-order valence-electron chi connectivity index (χ2n) is 8.67. The number of fused-ring (bicyclic) bond motifs is 3. The van der Waals surface area contributed by atoms with Gasteiger partial charge in [0.05, 0.1) is 0 Å². The van der Waals surface area contributed by atoms with Gasteiger partial charge in [-0.3, -0.25) is 20.4 Å². The molecule has 6 rings (SSSR count). The van der Waals surface area contributed by atoms with Gasteiger partial charge in [-0.2, -0.15) is 0 Å². The number of hydrogen-bond acceptors (Lipinski definition) is 8. The zero-order valence-electron chi connectivity index (χ0n) is 20.1. The van der Waals surface area contributed by atoms with E-state index in [1.807, 2.05) is 84.9 Å². The predicted molar refractivity (Wildman–Crippen MR) is 150 cm³/mol. The van der Waals surface area contributed by atoms with Crippen LogP contribution in [0.2, 0.25) is 0 Å². The van der Waals surface area contributed by atoms with E-state index in [0.717, 1.165) is 33.0 Å². The molecule has 3 aromatic carbocycles. The SMILES string of the molecule is O=C1C=Cc2ccccc2/C1=C/NNc1nnc(NN/C=C2\C(=O)C=Cc3ccccc32)c2ccccc12. The number of allylic oxidation sites excluding steroid dienone is 4. The van der Waals surface area contributed by atoms with Gasteiger partial charge in [0.25, 0.3) is 0 Å². The number of carbonyl (C=O) groups is 2. The Balaban J connectivity index is 1.21. The average Bonchev–Trinajstić information content (AvgIpc) is 2.96. The molecular weight excluding hydrogens is 476 g/mol. The zero-order valence-corrected chi connectivity index (χ0v) is 20.1. The van der Waals surface area contributed by atoms with Gasteiger partial charge in [-0.15, -0.1) is 10.2 Å². The van der Waals surface area contributed by atoms with Crippen molar-refractivity contribution in [3.05, 3.63) is 120 Å². The highest BCUT2D eigenvalue weighted by Crippen LogP contribution is 2.28. The van der Waals surface area contributed by atoms with Crippen molar-refractivity contribution in [3.8, 4) is 0 Å². The zero-order chi connectivity index (χ0) is 25.9. The monoisotopic (exact) mass is 498 g/mol. The quantitative estimate of drug-likeness (QED) is 0.223. The van der Waals surface area contributed by atoms with Crippen LogP contribution in [0.25, 0.3) is 34.1 Å². The molecule has 0 atom stereocenters. The van der Waals surface area contributed by atoms with Crippen LogP contribution in [-0.4, -0.2) is 21.8 Å². The van der Waals surface area contributed by atoms with Gasteiger partial charge < -0.3 is 10.9 Å². The summed E-state index contributed by atoms with van der Waals surface area (Å²) in [5.74, 6) is 0.830. The lowest BCUT2D eigenvalue weighted by atomic mass is 9.92. The maximum absolute atomic E-state index is 12.5. The van der Waals surface area contributed by atoms with Crippen LogP contribution in [0, 0.1) is 0 Å². The molecule has 8 nitrogen and oxygen atoms in total. The van der Waals surface area contributed by atoms with Gasteiger partial charge in [0.15, 0.2) is 23.2 Å². The summed E-state index contributed by atoms with van der Waals surface area (Å²) in [7, 11) is 0. The molecule has 0 saturated heterocycles. The largest absolute Gasteiger partial charge is 0.306 e. The molecule has 0 aliphatic heterocycles. The fourth-order valence-corrected chi connectivity index (χ4v) is 4.49. The van der Waals surface area contributed by atoms with E-state index in [-0.39, 0.29) is 11.6 Å². The Kier molecular flexibility index (Phi) is 5.95. The summed E-state index contributed by atoms with van der Waals surface area (Å²) in [5, 5.41) is 10.2. The Hall–Kier alpha value is -5.50. The van der Waals surface area contributed by atoms with E-state index in [2.05, 4.69) is 31.9 Å². The first-order chi connectivity index (χ1) is 18.7. The van der Waals surface area contributed by atoms with Gasteiger partial charge in [0, 0.05) is 34.3 Å². The molecule has 4 aromatic rings. The van der Waals surface area contributed by atoms with Gasteiger partial charge in [-0.1, -0.05) is 84.9 Å². The molecule has 1 heterocycles. The number of carbonyl (C=O) groups excluding carboxylic acids is 2. The second-order valence-corrected chi connectivity index (χ2v) is 8.67. The fourth-order valence-electron chi connectivity index (χ4n) is 4.49. The van der Waals surface area contributed by atoms with Gasteiger partial charge in [-0.05, 0) is 34.4 Å². The molecular formula is C30H22N6O2. The normalized spacial score (nSPS) is 15.9. The Morgan fingerprint density at radius 1 is 0.526 bits per heavy atom. The van der Waals surface area contributed by atoms with Crippen LogP contribution in [0.3, 0.4) is 0 Å². The van der Waals surface area contributed by atoms with Crippen LogP contribution < -0.4 is 21.7 Å². The first kappa shape index (κ1) is 22.9. The summed E-state index contributed by atoms with van der Waals surface area (Å²) in [4.78, 5) is 24.9. The first-order valence-electron chi connectivity index (χ1n) is 12.0. The van der Waals surface area contributed by atoms with Gasteiger partial charge in [0.1, 0.15) is 0 Å². The number of nitrogens with zero attached hydrogens (tertiary/aromatic N) is 2. The van der Waals surface area contributed by atoms with E-state index < -0.39 is 0 Å². The molecule has 2 aliphatic carbocycles. The summed E-state index contributed by atoms with van der Waals surface area (Å²) in [6.45, 7) is 0. The molecule has 0 radical (unpaired) electrons. The molecule has 0 unspecified atom stereocenters. The number of nitrogens with one attached hydrogen (secondary N) is 4. The van der Waals surface area contributed by atoms with Crippen molar-refractivity contribution in [2.45, 2.75) is 0 Å². The molecule has 0 saturated carbocycles. The lowest BCUT2D eigenvalue weighted by Crippen LogP contribution is -2.21. The first-order valence-corrected chi connectivity index (χ1v) is 12.0. The molecule has 184 valence electrons. The highest BCUT2D eigenvalue weighted by atomic mass is 16.1. The average molecular weight is 499 g/mol. The standard InChI is InChI=1S/C30H22N6O2/c37-27-15-13-19-7-1-3-9-21(19)25(27)17-31-33-29-23-11-5-6-12-24(23)30(36-35-29)34-32-18-26-22-10-4-2-8-20(22)14-16-28(26)38/h1-18,31-32H,(H,33,35)(H,34,36)/b25-17-,26-18-. The third kappa shape index (κ3) is 4.31. The van der Waals surface area contributed by atoms with Crippen molar-refractivity contribution in [1.82, 2.24) is 21.0 Å². The van der Waals surface area contributed by atoms with Crippen molar-refractivity contribution in [2.75, 3.05) is 10.9 Å². The smallest absolute Gasteiger partial charge is 0.188 e. The third-order valence-corrected chi connectivity index (χ3v) is 6.36. The van der Waals surface area contributed by atoms with Crippen LogP contribution in [0.5, 0.6) is 0 Å². The molecule has 0 amide bonds. The Morgan fingerprint density at radius 3 is 1.42 bits per heavy atom. The van der Waals surface area contributed by atoms with Crippen molar-refractivity contribution >= 4 is 57.3 Å².